The standard InChI is InChI=1S/C12H16N2O5S/c1-18-10-4-2-3-5-11(10)20(16,17)14-6-7-19-8-9(14)12(13)15/h2-5,9H,6-8H2,1H3,(H2,13,15). The van der Waals surface area contributed by atoms with Crippen molar-refractivity contribution in [2.75, 3.05) is 26.9 Å². The van der Waals surface area contributed by atoms with E-state index in [4.69, 9.17) is 15.2 Å². The number of para-hydroxylation sites is 1. The van der Waals surface area contributed by atoms with Crippen LogP contribution in [0.5, 0.6) is 5.75 Å². The molecule has 2 N–H and O–H groups in total. The zero-order valence-corrected chi connectivity index (χ0v) is 11.8. The second kappa shape index (κ2) is 5.78. The molecule has 1 aromatic rings. The molecule has 0 saturated carbocycles. The zero-order chi connectivity index (χ0) is 14.8. The number of nitrogens with zero attached hydrogens (tertiary/aromatic N) is 1. The molecule has 0 radical (unpaired) electrons. The van der Waals surface area contributed by atoms with E-state index in [-0.39, 0.29) is 30.4 Å². The fraction of sp³-hybridized carbons (Fsp3) is 0.417. The van der Waals surface area contributed by atoms with Crippen LogP contribution in [0.1, 0.15) is 0 Å². The highest BCUT2D eigenvalue weighted by Crippen LogP contribution is 2.28. The van der Waals surface area contributed by atoms with Crippen molar-refractivity contribution in [2.24, 2.45) is 5.73 Å². The number of rotatable bonds is 4. The summed E-state index contributed by atoms with van der Waals surface area (Å²) in [6.45, 7) is 0.260. The molecule has 0 aromatic heterocycles. The normalized spacial score (nSPS) is 20.6. The van der Waals surface area contributed by atoms with E-state index in [0.29, 0.717) is 0 Å². The number of benzene rings is 1. The lowest BCUT2D eigenvalue weighted by Gasteiger charge is -2.32. The van der Waals surface area contributed by atoms with Crippen molar-refractivity contribution in [3.8, 4) is 5.75 Å². The second-order valence-electron chi connectivity index (χ2n) is 4.26. The van der Waals surface area contributed by atoms with Gasteiger partial charge in [0.2, 0.25) is 15.9 Å². The number of morpholine rings is 1. The molecule has 2 rings (SSSR count). The van der Waals surface area contributed by atoms with E-state index in [0.717, 1.165) is 4.31 Å². The fourth-order valence-corrected chi connectivity index (χ4v) is 3.78. The molecular weight excluding hydrogens is 284 g/mol. The molecule has 1 unspecified atom stereocenters. The van der Waals surface area contributed by atoms with Crippen molar-refractivity contribution in [2.45, 2.75) is 10.9 Å². The molecule has 0 spiro atoms. The molecular formula is C12H16N2O5S. The summed E-state index contributed by atoms with van der Waals surface area (Å²) in [5.41, 5.74) is 5.25. The minimum atomic E-state index is -3.87. The van der Waals surface area contributed by atoms with Gasteiger partial charge in [-0.15, -0.1) is 0 Å². The topological polar surface area (TPSA) is 98.9 Å². The molecule has 1 heterocycles. The summed E-state index contributed by atoms with van der Waals surface area (Å²) in [5, 5.41) is 0. The Labute approximate surface area is 117 Å². The Morgan fingerprint density at radius 3 is 2.80 bits per heavy atom. The van der Waals surface area contributed by atoms with E-state index >= 15 is 0 Å². The summed E-state index contributed by atoms with van der Waals surface area (Å²) in [4.78, 5) is 11.4. The quantitative estimate of drug-likeness (QED) is 0.813. The average Bonchev–Trinajstić information content (AvgIpc) is 2.47. The highest BCUT2D eigenvalue weighted by atomic mass is 32.2. The number of methoxy groups -OCH3 is 1. The van der Waals surface area contributed by atoms with E-state index in [1.807, 2.05) is 0 Å². The number of primary amides is 1. The molecule has 1 aliphatic rings. The van der Waals surface area contributed by atoms with Gasteiger partial charge in [-0.1, -0.05) is 12.1 Å². The molecule has 1 saturated heterocycles. The van der Waals surface area contributed by atoms with Crippen LogP contribution >= 0.6 is 0 Å². The van der Waals surface area contributed by atoms with Gasteiger partial charge in [0.15, 0.2) is 0 Å². The van der Waals surface area contributed by atoms with Gasteiger partial charge >= 0.3 is 0 Å². The number of ether oxygens (including phenoxy) is 2. The molecule has 0 bridgehead atoms. The Kier molecular flexibility index (Phi) is 4.26. The van der Waals surface area contributed by atoms with Crippen LogP contribution in [0.15, 0.2) is 29.2 Å². The van der Waals surface area contributed by atoms with Crippen molar-refractivity contribution < 1.29 is 22.7 Å². The van der Waals surface area contributed by atoms with Crippen molar-refractivity contribution in [3.63, 3.8) is 0 Å². The number of hydrogen-bond donors (Lipinski definition) is 1. The summed E-state index contributed by atoms with van der Waals surface area (Å²) < 4.78 is 36.6. The summed E-state index contributed by atoms with van der Waals surface area (Å²) in [7, 11) is -2.48. The van der Waals surface area contributed by atoms with E-state index in [2.05, 4.69) is 0 Å². The number of carbonyl (C=O) groups is 1. The zero-order valence-electron chi connectivity index (χ0n) is 11.0. The Bertz CT molecular complexity index is 602. The first-order valence-corrected chi connectivity index (χ1v) is 7.44. The third-order valence-corrected chi connectivity index (χ3v) is 5.01. The Hall–Kier alpha value is -1.64. The van der Waals surface area contributed by atoms with Gasteiger partial charge in [-0.2, -0.15) is 4.31 Å². The number of nitrogens with two attached hydrogens (primary N) is 1. The summed E-state index contributed by atoms with van der Waals surface area (Å²) >= 11 is 0. The first-order valence-electron chi connectivity index (χ1n) is 6.00. The molecule has 1 fully saturated rings. The molecule has 110 valence electrons. The first kappa shape index (κ1) is 14.8. The van der Waals surface area contributed by atoms with Crippen LogP contribution in [-0.4, -0.2) is 51.5 Å². The molecule has 7 nitrogen and oxygen atoms in total. The van der Waals surface area contributed by atoms with Gasteiger partial charge in [0, 0.05) is 6.54 Å². The van der Waals surface area contributed by atoms with Crippen LogP contribution in [-0.2, 0) is 19.6 Å². The SMILES string of the molecule is COc1ccccc1S(=O)(=O)N1CCOCC1C(N)=O. The maximum atomic E-state index is 12.7. The van der Waals surface area contributed by atoms with Crippen molar-refractivity contribution >= 4 is 15.9 Å². The largest absolute Gasteiger partial charge is 0.495 e. The van der Waals surface area contributed by atoms with Gasteiger partial charge < -0.3 is 15.2 Å². The predicted octanol–water partition coefficient (Wildman–Crippen LogP) is -0.430. The molecule has 1 aliphatic heterocycles. The minimum absolute atomic E-state index is 0.00986. The van der Waals surface area contributed by atoms with Gasteiger partial charge in [-0.3, -0.25) is 4.79 Å². The van der Waals surface area contributed by atoms with Gasteiger partial charge in [0.1, 0.15) is 16.7 Å². The van der Waals surface area contributed by atoms with E-state index in [1.54, 1.807) is 18.2 Å². The maximum absolute atomic E-state index is 12.7. The van der Waals surface area contributed by atoms with E-state index < -0.39 is 22.0 Å². The average molecular weight is 300 g/mol. The lowest BCUT2D eigenvalue weighted by Crippen LogP contribution is -2.54. The first-order chi connectivity index (χ1) is 9.48. The minimum Gasteiger partial charge on any atom is -0.495 e. The van der Waals surface area contributed by atoms with Crippen LogP contribution in [0, 0.1) is 0 Å². The summed E-state index contributed by atoms with van der Waals surface area (Å²) in [6, 6.07) is 5.24. The van der Waals surface area contributed by atoms with Gasteiger partial charge in [-0.25, -0.2) is 8.42 Å². The fourth-order valence-electron chi connectivity index (χ4n) is 2.06. The van der Waals surface area contributed by atoms with Crippen LogP contribution in [0.4, 0.5) is 0 Å². The second-order valence-corrected chi connectivity index (χ2v) is 6.12. The Balaban J connectivity index is 2.45. The van der Waals surface area contributed by atoms with E-state index in [9.17, 15) is 13.2 Å². The molecule has 1 amide bonds. The van der Waals surface area contributed by atoms with Gasteiger partial charge in [0.05, 0.1) is 20.3 Å². The lowest BCUT2D eigenvalue weighted by molar-refractivity contribution is -0.125. The van der Waals surface area contributed by atoms with Gasteiger partial charge in [-0.05, 0) is 12.1 Å². The summed E-state index contributed by atoms with van der Waals surface area (Å²) in [6.07, 6.45) is 0. The molecule has 0 aliphatic carbocycles. The smallest absolute Gasteiger partial charge is 0.247 e. The molecule has 1 aromatic carbocycles. The van der Waals surface area contributed by atoms with Crippen LogP contribution < -0.4 is 10.5 Å². The highest BCUT2D eigenvalue weighted by molar-refractivity contribution is 7.89. The van der Waals surface area contributed by atoms with Gasteiger partial charge in [0.25, 0.3) is 0 Å². The highest BCUT2D eigenvalue weighted by Gasteiger charge is 2.38. The number of amides is 1. The maximum Gasteiger partial charge on any atom is 0.247 e. The number of carbonyl (C=O) groups excluding carboxylic acids is 1. The Morgan fingerprint density at radius 2 is 2.15 bits per heavy atom. The molecule has 1 atom stereocenters. The van der Waals surface area contributed by atoms with Crippen molar-refractivity contribution in [1.29, 1.82) is 0 Å². The van der Waals surface area contributed by atoms with Crippen LogP contribution in [0.2, 0.25) is 0 Å². The molecule has 8 heteroatoms. The van der Waals surface area contributed by atoms with Crippen LogP contribution in [0.25, 0.3) is 0 Å². The van der Waals surface area contributed by atoms with Crippen LogP contribution in [0.3, 0.4) is 0 Å². The third-order valence-electron chi connectivity index (χ3n) is 3.06. The molecule has 20 heavy (non-hydrogen) atoms. The van der Waals surface area contributed by atoms with Crippen molar-refractivity contribution in [3.05, 3.63) is 24.3 Å². The Morgan fingerprint density at radius 1 is 1.45 bits per heavy atom. The van der Waals surface area contributed by atoms with Crippen molar-refractivity contribution in [1.82, 2.24) is 4.31 Å². The number of hydrogen-bond acceptors (Lipinski definition) is 5. The number of sulfonamides is 1. The summed E-state index contributed by atoms with van der Waals surface area (Å²) in [5.74, 6) is -0.509. The predicted molar refractivity (Wildman–Crippen MR) is 70.7 cm³/mol. The lowest BCUT2D eigenvalue weighted by atomic mass is 10.3. The van der Waals surface area contributed by atoms with E-state index in [1.165, 1.54) is 13.2 Å². The monoisotopic (exact) mass is 300 g/mol. The third kappa shape index (κ3) is 2.62.